The van der Waals surface area contributed by atoms with Crippen LogP contribution in [0, 0.1) is 5.92 Å². The molecular formula is C11H21N3O3. The monoisotopic (exact) mass is 243 g/mol. The Morgan fingerprint density at radius 3 is 2.88 bits per heavy atom. The molecule has 1 fully saturated rings. The molecule has 1 heterocycles. The largest absolute Gasteiger partial charge is 0.453 e. The molecule has 98 valence electrons. The molecule has 0 aromatic heterocycles. The average molecular weight is 243 g/mol. The lowest BCUT2D eigenvalue weighted by Crippen LogP contribution is -2.42. The van der Waals surface area contributed by atoms with Gasteiger partial charge < -0.3 is 10.1 Å². The molecule has 1 aliphatic rings. The summed E-state index contributed by atoms with van der Waals surface area (Å²) >= 11 is 0. The number of alkyl carbamates (subject to hydrolysis) is 1. The highest BCUT2D eigenvalue weighted by atomic mass is 16.5. The predicted molar refractivity (Wildman–Crippen MR) is 63.6 cm³/mol. The first kappa shape index (κ1) is 13.9. The molecule has 0 radical (unpaired) electrons. The van der Waals surface area contributed by atoms with Gasteiger partial charge in [0.05, 0.1) is 13.7 Å². The van der Waals surface area contributed by atoms with Crippen molar-refractivity contribution >= 4 is 12.0 Å². The fourth-order valence-corrected chi connectivity index (χ4v) is 2.03. The topological polar surface area (TPSA) is 70.7 Å². The number of imide groups is 1. The summed E-state index contributed by atoms with van der Waals surface area (Å²) in [5.74, 6) is 0.253. The Balaban J connectivity index is 2.21. The van der Waals surface area contributed by atoms with Gasteiger partial charge in [0, 0.05) is 6.54 Å². The van der Waals surface area contributed by atoms with Gasteiger partial charge in [0.1, 0.15) is 0 Å². The zero-order valence-corrected chi connectivity index (χ0v) is 10.5. The molecule has 1 atom stereocenters. The fraction of sp³-hybridized carbons (Fsp3) is 0.818. The minimum absolute atomic E-state index is 0.214. The van der Waals surface area contributed by atoms with Gasteiger partial charge in [-0.25, -0.2) is 4.79 Å². The molecule has 1 rings (SSSR count). The second-order valence-corrected chi connectivity index (χ2v) is 4.45. The van der Waals surface area contributed by atoms with Crippen LogP contribution in [-0.2, 0) is 9.53 Å². The maximum atomic E-state index is 11.4. The van der Waals surface area contributed by atoms with E-state index in [0.29, 0.717) is 5.92 Å². The van der Waals surface area contributed by atoms with Crippen LogP contribution in [0.2, 0.25) is 0 Å². The van der Waals surface area contributed by atoms with Crippen molar-refractivity contribution in [3.05, 3.63) is 0 Å². The van der Waals surface area contributed by atoms with Crippen LogP contribution < -0.4 is 10.6 Å². The summed E-state index contributed by atoms with van der Waals surface area (Å²) in [5, 5.41) is 5.47. The van der Waals surface area contributed by atoms with Crippen LogP contribution in [0.25, 0.3) is 0 Å². The van der Waals surface area contributed by atoms with Crippen molar-refractivity contribution in [3.63, 3.8) is 0 Å². The highest BCUT2D eigenvalue weighted by Gasteiger charge is 2.17. The molecular weight excluding hydrogens is 222 g/mol. The summed E-state index contributed by atoms with van der Waals surface area (Å²) in [4.78, 5) is 24.1. The van der Waals surface area contributed by atoms with E-state index in [1.54, 1.807) is 0 Å². The van der Waals surface area contributed by atoms with Gasteiger partial charge in [-0.1, -0.05) is 0 Å². The van der Waals surface area contributed by atoms with E-state index in [9.17, 15) is 9.59 Å². The number of amides is 2. The van der Waals surface area contributed by atoms with Gasteiger partial charge >= 0.3 is 6.09 Å². The van der Waals surface area contributed by atoms with Gasteiger partial charge in [-0.2, -0.15) is 0 Å². The summed E-state index contributed by atoms with van der Waals surface area (Å²) in [7, 11) is 3.12. The summed E-state index contributed by atoms with van der Waals surface area (Å²) in [6, 6.07) is 0. The van der Waals surface area contributed by atoms with Crippen molar-refractivity contribution in [1.82, 2.24) is 15.5 Å². The van der Waals surface area contributed by atoms with Crippen molar-refractivity contribution in [2.24, 2.45) is 5.92 Å². The zero-order valence-electron chi connectivity index (χ0n) is 10.5. The van der Waals surface area contributed by atoms with Crippen LogP contribution in [0.3, 0.4) is 0 Å². The Labute approximate surface area is 102 Å². The van der Waals surface area contributed by atoms with Crippen molar-refractivity contribution < 1.29 is 14.3 Å². The summed E-state index contributed by atoms with van der Waals surface area (Å²) < 4.78 is 4.35. The maximum absolute atomic E-state index is 11.4. The van der Waals surface area contributed by atoms with Gasteiger partial charge in [0.25, 0.3) is 0 Å². The van der Waals surface area contributed by atoms with Crippen LogP contribution in [-0.4, -0.2) is 57.2 Å². The van der Waals surface area contributed by atoms with Gasteiger partial charge in [-0.05, 0) is 38.9 Å². The Bertz CT molecular complexity index is 265. The van der Waals surface area contributed by atoms with Crippen molar-refractivity contribution in [3.8, 4) is 0 Å². The number of hydrogen-bond acceptors (Lipinski definition) is 5. The minimum Gasteiger partial charge on any atom is -0.453 e. The predicted octanol–water partition coefficient (Wildman–Crippen LogP) is -0.200. The number of nitrogens with one attached hydrogen (secondary N) is 2. The molecule has 2 N–H and O–H groups in total. The standard InChI is InChI=1S/C11H21N3O3/c1-14(7-9-4-3-5-12-6-9)8-10(15)13-11(16)17-2/h9,12H,3-8H2,1-2H3,(H,13,15,16). The van der Waals surface area contributed by atoms with E-state index in [4.69, 9.17) is 0 Å². The third-order valence-electron chi connectivity index (χ3n) is 2.81. The van der Waals surface area contributed by atoms with Crippen molar-refractivity contribution in [2.75, 3.05) is 40.3 Å². The molecule has 0 saturated carbocycles. The zero-order chi connectivity index (χ0) is 12.7. The normalized spacial score (nSPS) is 20.1. The lowest BCUT2D eigenvalue weighted by atomic mass is 9.99. The molecule has 0 aromatic carbocycles. The fourth-order valence-electron chi connectivity index (χ4n) is 2.03. The van der Waals surface area contributed by atoms with E-state index < -0.39 is 6.09 Å². The van der Waals surface area contributed by atoms with Gasteiger partial charge in [-0.15, -0.1) is 0 Å². The second-order valence-electron chi connectivity index (χ2n) is 4.45. The molecule has 0 bridgehead atoms. The summed E-state index contributed by atoms with van der Waals surface area (Å²) in [6.45, 7) is 3.17. The Morgan fingerprint density at radius 2 is 2.29 bits per heavy atom. The lowest BCUT2D eigenvalue weighted by molar-refractivity contribution is -0.121. The van der Waals surface area contributed by atoms with E-state index >= 15 is 0 Å². The molecule has 17 heavy (non-hydrogen) atoms. The van der Waals surface area contributed by atoms with Crippen LogP contribution in [0.1, 0.15) is 12.8 Å². The Morgan fingerprint density at radius 1 is 1.53 bits per heavy atom. The minimum atomic E-state index is -0.706. The van der Waals surface area contributed by atoms with Gasteiger partial charge in [-0.3, -0.25) is 15.0 Å². The number of carbonyl (C=O) groups excluding carboxylic acids is 2. The first-order valence-electron chi connectivity index (χ1n) is 5.89. The number of piperidine rings is 1. The van der Waals surface area contributed by atoms with Crippen LogP contribution >= 0.6 is 0 Å². The van der Waals surface area contributed by atoms with Crippen LogP contribution in [0.4, 0.5) is 4.79 Å². The quantitative estimate of drug-likeness (QED) is 0.715. The van der Waals surface area contributed by atoms with Gasteiger partial charge in [0.2, 0.25) is 5.91 Å². The number of methoxy groups -OCH3 is 1. The Kier molecular flexibility index (Phi) is 5.93. The summed E-state index contributed by atoms with van der Waals surface area (Å²) in [6.07, 6.45) is 1.67. The molecule has 6 nitrogen and oxygen atoms in total. The molecule has 0 aliphatic carbocycles. The van der Waals surface area contributed by atoms with Crippen molar-refractivity contribution in [2.45, 2.75) is 12.8 Å². The van der Waals surface area contributed by atoms with E-state index in [2.05, 4.69) is 15.4 Å². The van der Waals surface area contributed by atoms with E-state index in [0.717, 1.165) is 19.6 Å². The third-order valence-corrected chi connectivity index (χ3v) is 2.81. The summed E-state index contributed by atoms with van der Waals surface area (Å²) in [5.41, 5.74) is 0. The number of ether oxygens (including phenoxy) is 1. The second kappa shape index (κ2) is 7.24. The first-order valence-corrected chi connectivity index (χ1v) is 5.89. The molecule has 0 spiro atoms. The number of nitrogens with zero attached hydrogens (tertiary/aromatic N) is 1. The number of hydrogen-bond donors (Lipinski definition) is 2. The van der Waals surface area contributed by atoms with Crippen LogP contribution in [0.5, 0.6) is 0 Å². The van der Waals surface area contributed by atoms with Crippen molar-refractivity contribution in [1.29, 1.82) is 0 Å². The SMILES string of the molecule is COC(=O)NC(=O)CN(C)CC1CCCNC1. The molecule has 0 aromatic rings. The third kappa shape index (κ3) is 5.65. The van der Waals surface area contributed by atoms with E-state index in [1.807, 2.05) is 11.9 Å². The van der Waals surface area contributed by atoms with Crippen LogP contribution in [0.15, 0.2) is 0 Å². The number of likely N-dealkylation sites (N-methyl/N-ethyl adjacent to an activating group) is 1. The molecule has 6 heteroatoms. The van der Waals surface area contributed by atoms with Gasteiger partial charge in [0.15, 0.2) is 0 Å². The highest BCUT2D eigenvalue weighted by molar-refractivity contribution is 5.92. The molecule has 1 saturated heterocycles. The number of rotatable bonds is 4. The van der Waals surface area contributed by atoms with E-state index in [1.165, 1.54) is 20.0 Å². The smallest absolute Gasteiger partial charge is 0.413 e. The first-order chi connectivity index (χ1) is 8.11. The average Bonchev–Trinajstić information content (AvgIpc) is 2.29. The number of carbonyl (C=O) groups is 2. The molecule has 1 aliphatic heterocycles. The van der Waals surface area contributed by atoms with E-state index in [-0.39, 0.29) is 12.5 Å². The Hall–Kier alpha value is -1.14. The maximum Gasteiger partial charge on any atom is 0.413 e. The molecule has 2 amide bonds. The molecule has 1 unspecified atom stereocenters. The lowest BCUT2D eigenvalue weighted by Gasteiger charge is -2.27. The highest BCUT2D eigenvalue weighted by Crippen LogP contribution is 2.10.